The lowest BCUT2D eigenvalue weighted by atomic mass is 10.1. The van der Waals surface area contributed by atoms with Crippen LogP contribution in [0.25, 0.3) is 0 Å². The van der Waals surface area contributed by atoms with Gasteiger partial charge >= 0.3 is 0 Å². The fraction of sp³-hybridized carbons (Fsp3) is 0.364. The fourth-order valence-electron chi connectivity index (χ4n) is 1.15. The summed E-state index contributed by atoms with van der Waals surface area (Å²) in [7, 11) is 0. The molecule has 0 radical (unpaired) electrons. The van der Waals surface area contributed by atoms with Crippen molar-refractivity contribution >= 4 is 5.97 Å². The lowest BCUT2D eigenvalue weighted by Crippen LogP contribution is -2.60. The molecule has 0 aliphatic heterocycles. The van der Waals surface area contributed by atoms with Crippen molar-refractivity contribution in [1.82, 2.24) is 0 Å². The second-order valence-corrected chi connectivity index (χ2v) is 3.29. The van der Waals surface area contributed by atoms with Crippen LogP contribution in [0.4, 0.5) is 0 Å². The molecular weight excluding hydrogens is 194 g/mol. The molecule has 15 heavy (non-hydrogen) atoms. The van der Waals surface area contributed by atoms with Gasteiger partial charge in [-0.15, -0.1) is 0 Å². The Morgan fingerprint density at radius 3 is 2.53 bits per heavy atom. The molecule has 0 aliphatic rings. The average molecular weight is 209 g/mol. The quantitative estimate of drug-likeness (QED) is 0.710. The van der Waals surface area contributed by atoms with Crippen LogP contribution in [0, 0.1) is 0 Å². The van der Waals surface area contributed by atoms with Gasteiger partial charge in [-0.25, -0.2) is 0 Å². The third-order valence-corrected chi connectivity index (χ3v) is 2.04. The van der Waals surface area contributed by atoms with Crippen molar-refractivity contribution < 1.29 is 20.4 Å². The molecule has 4 nitrogen and oxygen atoms in total. The highest BCUT2D eigenvalue weighted by atomic mass is 16.5. The number of quaternary nitrogens is 1. The first-order valence-electron chi connectivity index (χ1n) is 4.92. The van der Waals surface area contributed by atoms with Crippen molar-refractivity contribution in [3.63, 3.8) is 0 Å². The minimum absolute atomic E-state index is 0.624. The molecular formula is C11H15NO3. The molecule has 0 fully saturated rings. The van der Waals surface area contributed by atoms with E-state index in [1.54, 1.807) is 24.3 Å². The first-order valence-corrected chi connectivity index (χ1v) is 4.92. The number of carbonyl (C=O) groups excluding carboxylic acids is 1. The number of ether oxygens (including phenoxy) is 1. The van der Waals surface area contributed by atoms with E-state index in [1.165, 1.54) is 0 Å². The Bertz CT molecular complexity index is 321. The number of rotatable bonds is 5. The summed E-state index contributed by atoms with van der Waals surface area (Å²) < 4.78 is 5.37. The molecule has 0 spiro atoms. The first-order chi connectivity index (χ1) is 7.15. The smallest absolute Gasteiger partial charge is 0.150 e. The van der Waals surface area contributed by atoms with Crippen LogP contribution in [0.2, 0.25) is 0 Å². The second kappa shape index (κ2) is 5.36. The summed E-state index contributed by atoms with van der Waals surface area (Å²) in [6.07, 6.45) is 0.943. The SMILES string of the molecule is CCCOc1ccc([C@@H]([NH3+])C(=O)[O-])cc1. The van der Waals surface area contributed by atoms with Crippen LogP contribution < -0.4 is 15.6 Å². The molecule has 0 aromatic heterocycles. The van der Waals surface area contributed by atoms with Crippen molar-refractivity contribution in [2.24, 2.45) is 0 Å². The second-order valence-electron chi connectivity index (χ2n) is 3.29. The lowest BCUT2D eigenvalue weighted by molar-refractivity contribution is -0.443. The van der Waals surface area contributed by atoms with Gasteiger partial charge in [0.2, 0.25) is 0 Å². The van der Waals surface area contributed by atoms with Crippen molar-refractivity contribution in [2.45, 2.75) is 19.4 Å². The maximum atomic E-state index is 10.6. The number of carbonyl (C=O) groups is 1. The van der Waals surface area contributed by atoms with Crippen LogP contribution in [-0.4, -0.2) is 12.6 Å². The molecule has 1 atom stereocenters. The predicted octanol–water partition coefficient (Wildman–Crippen LogP) is -0.492. The lowest BCUT2D eigenvalue weighted by Gasteiger charge is -2.10. The normalized spacial score (nSPS) is 12.1. The van der Waals surface area contributed by atoms with Gasteiger partial charge in [0.05, 0.1) is 6.61 Å². The van der Waals surface area contributed by atoms with E-state index < -0.39 is 12.0 Å². The van der Waals surface area contributed by atoms with E-state index in [0.717, 1.165) is 12.2 Å². The molecule has 0 bridgehead atoms. The Balaban J connectivity index is 2.67. The molecule has 3 N–H and O–H groups in total. The van der Waals surface area contributed by atoms with E-state index in [0.29, 0.717) is 12.2 Å². The van der Waals surface area contributed by atoms with Gasteiger partial charge in [0, 0.05) is 5.56 Å². The number of carboxylic acids is 1. The molecule has 1 aromatic carbocycles. The number of carboxylic acid groups (broad SMARTS) is 1. The van der Waals surface area contributed by atoms with E-state index in [1.807, 2.05) is 6.92 Å². The van der Waals surface area contributed by atoms with E-state index in [-0.39, 0.29) is 0 Å². The predicted molar refractivity (Wildman–Crippen MR) is 52.9 cm³/mol. The largest absolute Gasteiger partial charge is 0.544 e. The van der Waals surface area contributed by atoms with Crippen molar-refractivity contribution in [3.8, 4) is 5.75 Å². The zero-order valence-electron chi connectivity index (χ0n) is 8.73. The summed E-state index contributed by atoms with van der Waals surface area (Å²) in [4.78, 5) is 10.6. The van der Waals surface area contributed by atoms with Gasteiger partial charge in [-0.2, -0.15) is 0 Å². The standard InChI is InChI=1S/C11H15NO3/c1-2-7-15-9-5-3-8(4-6-9)10(12)11(13)14/h3-6,10H,2,7,12H2,1H3,(H,13,14)/t10-/m1/s1. The van der Waals surface area contributed by atoms with Gasteiger partial charge in [-0.1, -0.05) is 6.92 Å². The molecule has 0 amide bonds. The van der Waals surface area contributed by atoms with Crippen LogP contribution in [0.15, 0.2) is 24.3 Å². The molecule has 0 heterocycles. The molecule has 4 heteroatoms. The number of benzene rings is 1. The highest BCUT2D eigenvalue weighted by Crippen LogP contribution is 2.15. The topological polar surface area (TPSA) is 77.0 Å². The number of hydrogen-bond acceptors (Lipinski definition) is 3. The third kappa shape index (κ3) is 3.25. The molecule has 82 valence electrons. The summed E-state index contributed by atoms with van der Waals surface area (Å²) in [6.45, 7) is 2.68. The maximum absolute atomic E-state index is 10.6. The van der Waals surface area contributed by atoms with Gasteiger partial charge in [0.15, 0.2) is 6.04 Å². The highest BCUT2D eigenvalue weighted by molar-refractivity contribution is 5.71. The average Bonchev–Trinajstić information content (AvgIpc) is 2.26. The summed E-state index contributed by atoms with van der Waals surface area (Å²) >= 11 is 0. The van der Waals surface area contributed by atoms with Crippen molar-refractivity contribution in [3.05, 3.63) is 29.8 Å². The fourth-order valence-corrected chi connectivity index (χ4v) is 1.15. The Labute approximate surface area is 88.7 Å². The molecule has 1 rings (SSSR count). The molecule has 0 unspecified atom stereocenters. The van der Waals surface area contributed by atoms with Crippen LogP contribution >= 0.6 is 0 Å². The van der Waals surface area contributed by atoms with Crippen LogP contribution in [0.3, 0.4) is 0 Å². The minimum atomic E-state index is -1.17. The van der Waals surface area contributed by atoms with E-state index in [4.69, 9.17) is 4.74 Å². The van der Waals surface area contributed by atoms with Crippen molar-refractivity contribution in [1.29, 1.82) is 0 Å². The Morgan fingerprint density at radius 1 is 1.47 bits per heavy atom. The van der Waals surface area contributed by atoms with E-state index >= 15 is 0 Å². The number of hydrogen-bond donors (Lipinski definition) is 1. The van der Waals surface area contributed by atoms with Crippen molar-refractivity contribution in [2.75, 3.05) is 6.61 Å². The monoisotopic (exact) mass is 209 g/mol. The third-order valence-electron chi connectivity index (χ3n) is 2.04. The van der Waals surface area contributed by atoms with E-state index in [9.17, 15) is 9.90 Å². The summed E-state index contributed by atoms with van der Waals surface area (Å²) in [5.41, 5.74) is 4.12. The van der Waals surface area contributed by atoms with Crippen LogP contribution in [0.5, 0.6) is 5.75 Å². The van der Waals surface area contributed by atoms with Crippen LogP contribution in [0.1, 0.15) is 24.9 Å². The van der Waals surface area contributed by atoms with Gasteiger partial charge < -0.3 is 20.4 Å². The Morgan fingerprint density at radius 2 is 2.07 bits per heavy atom. The summed E-state index contributed by atoms with van der Waals surface area (Å²) in [5, 5.41) is 10.6. The Hall–Kier alpha value is -1.55. The van der Waals surface area contributed by atoms with Gasteiger partial charge in [0.25, 0.3) is 0 Å². The van der Waals surface area contributed by atoms with E-state index in [2.05, 4.69) is 5.73 Å². The number of aliphatic carboxylic acids is 1. The van der Waals surface area contributed by atoms with Gasteiger partial charge in [-0.05, 0) is 30.7 Å². The molecule has 0 saturated heterocycles. The van der Waals surface area contributed by atoms with Gasteiger partial charge in [0.1, 0.15) is 11.7 Å². The molecule has 0 saturated carbocycles. The minimum Gasteiger partial charge on any atom is -0.544 e. The zero-order chi connectivity index (χ0) is 11.3. The molecule has 0 aliphatic carbocycles. The highest BCUT2D eigenvalue weighted by Gasteiger charge is 2.09. The summed E-state index contributed by atoms with van der Waals surface area (Å²) in [6, 6.07) is 6.04. The maximum Gasteiger partial charge on any atom is 0.150 e. The van der Waals surface area contributed by atoms with Gasteiger partial charge in [-0.3, -0.25) is 0 Å². The Kier molecular flexibility index (Phi) is 4.12. The summed E-state index contributed by atoms with van der Waals surface area (Å²) in [5.74, 6) is -0.427. The zero-order valence-corrected chi connectivity index (χ0v) is 8.73. The van der Waals surface area contributed by atoms with Crippen LogP contribution in [-0.2, 0) is 4.79 Å². The molecule has 1 aromatic rings. The first kappa shape index (κ1) is 11.5.